The van der Waals surface area contributed by atoms with E-state index in [1.54, 1.807) is 0 Å². The quantitative estimate of drug-likeness (QED) is 0.683. The van der Waals surface area contributed by atoms with E-state index in [0.29, 0.717) is 6.54 Å². The number of hydrogen-bond donors (Lipinski definition) is 3. The largest absolute Gasteiger partial charge is 0.394 e. The van der Waals surface area contributed by atoms with Gasteiger partial charge < -0.3 is 15.5 Å². The Morgan fingerprint density at radius 1 is 0.875 bits per heavy atom. The molecule has 0 amide bonds. The minimum Gasteiger partial charge on any atom is -0.394 e. The topological polar surface area (TPSA) is 52.5 Å². The minimum atomic E-state index is -0.500. The van der Waals surface area contributed by atoms with Crippen molar-refractivity contribution in [1.82, 2.24) is 5.32 Å². The SMILES string of the molecule is OCC1(NCC2(O)CCCC2)CCCCC1. The lowest BCUT2D eigenvalue weighted by molar-refractivity contribution is 0.0248. The molecular formula is C13H25NO2. The molecule has 2 aliphatic carbocycles. The van der Waals surface area contributed by atoms with E-state index in [1.807, 2.05) is 0 Å². The molecule has 0 radical (unpaired) electrons. The highest BCUT2D eigenvalue weighted by Crippen LogP contribution is 2.32. The molecule has 3 N–H and O–H groups in total. The van der Waals surface area contributed by atoms with Crippen LogP contribution in [0.4, 0.5) is 0 Å². The average Bonchev–Trinajstić information content (AvgIpc) is 2.76. The lowest BCUT2D eigenvalue weighted by Crippen LogP contribution is -2.54. The van der Waals surface area contributed by atoms with Gasteiger partial charge in [-0.1, -0.05) is 32.1 Å². The van der Waals surface area contributed by atoms with Crippen LogP contribution in [-0.2, 0) is 0 Å². The highest BCUT2D eigenvalue weighted by molar-refractivity contribution is 4.95. The van der Waals surface area contributed by atoms with Crippen LogP contribution < -0.4 is 5.32 Å². The molecule has 2 rings (SSSR count). The van der Waals surface area contributed by atoms with Crippen LogP contribution in [-0.4, -0.2) is 34.5 Å². The summed E-state index contributed by atoms with van der Waals surface area (Å²) in [5.74, 6) is 0. The first-order chi connectivity index (χ1) is 7.68. The molecule has 0 atom stereocenters. The van der Waals surface area contributed by atoms with Crippen molar-refractivity contribution >= 4 is 0 Å². The van der Waals surface area contributed by atoms with Gasteiger partial charge >= 0.3 is 0 Å². The molecule has 0 aromatic carbocycles. The molecule has 3 heteroatoms. The Morgan fingerprint density at radius 3 is 2.00 bits per heavy atom. The number of hydrogen-bond acceptors (Lipinski definition) is 3. The Kier molecular flexibility index (Phi) is 3.88. The van der Waals surface area contributed by atoms with E-state index in [-0.39, 0.29) is 12.1 Å². The van der Waals surface area contributed by atoms with Gasteiger partial charge in [0.25, 0.3) is 0 Å². The zero-order valence-electron chi connectivity index (χ0n) is 10.2. The van der Waals surface area contributed by atoms with Crippen LogP contribution in [0.25, 0.3) is 0 Å². The third-order valence-corrected chi connectivity index (χ3v) is 4.44. The van der Waals surface area contributed by atoms with Gasteiger partial charge in [0, 0.05) is 12.1 Å². The molecule has 2 aliphatic rings. The second-order valence-electron chi connectivity index (χ2n) is 5.78. The smallest absolute Gasteiger partial charge is 0.0771 e. The van der Waals surface area contributed by atoms with Crippen molar-refractivity contribution in [2.24, 2.45) is 0 Å². The fourth-order valence-corrected chi connectivity index (χ4v) is 3.18. The highest BCUT2D eigenvalue weighted by Gasteiger charge is 2.36. The Bertz CT molecular complexity index is 218. The summed E-state index contributed by atoms with van der Waals surface area (Å²) in [4.78, 5) is 0. The van der Waals surface area contributed by atoms with Gasteiger partial charge in [0.2, 0.25) is 0 Å². The molecule has 0 heterocycles. The minimum absolute atomic E-state index is 0.101. The first-order valence-electron chi connectivity index (χ1n) is 6.76. The molecule has 0 bridgehead atoms. The summed E-state index contributed by atoms with van der Waals surface area (Å²) < 4.78 is 0. The molecule has 2 saturated carbocycles. The van der Waals surface area contributed by atoms with E-state index in [9.17, 15) is 10.2 Å². The molecule has 16 heavy (non-hydrogen) atoms. The predicted octanol–water partition coefficient (Wildman–Crippen LogP) is 1.58. The van der Waals surface area contributed by atoms with Crippen LogP contribution in [0, 0.1) is 0 Å². The molecule has 0 aliphatic heterocycles. The summed E-state index contributed by atoms with van der Waals surface area (Å²) in [5, 5.41) is 23.3. The average molecular weight is 227 g/mol. The van der Waals surface area contributed by atoms with Crippen molar-refractivity contribution in [2.45, 2.75) is 68.9 Å². The van der Waals surface area contributed by atoms with Crippen LogP contribution in [0.5, 0.6) is 0 Å². The molecule has 94 valence electrons. The lowest BCUT2D eigenvalue weighted by atomic mass is 9.81. The Morgan fingerprint density at radius 2 is 1.44 bits per heavy atom. The van der Waals surface area contributed by atoms with Gasteiger partial charge in [-0.25, -0.2) is 0 Å². The zero-order valence-corrected chi connectivity index (χ0v) is 10.2. The molecule has 3 nitrogen and oxygen atoms in total. The van der Waals surface area contributed by atoms with E-state index in [0.717, 1.165) is 38.5 Å². The normalized spacial score (nSPS) is 28.1. The summed E-state index contributed by atoms with van der Waals surface area (Å²) in [6.45, 7) is 0.872. The highest BCUT2D eigenvalue weighted by atomic mass is 16.3. The molecule has 0 spiro atoms. The van der Waals surface area contributed by atoms with Crippen molar-refractivity contribution < 1.29 is 10.2 Å². The van der Waals surface area contributed by atoms with E-state index in [1.165, 1.54) is 19.3 Å². The standard InChI is InChI=1S/C13H25NO2/c15-11-12(6-2-1-3-7-12)14-10-13(16)8-4-5-9-13/h14-16H,1-11H2. The Hall–Kier alpha value is -0.120. The molecule has 0 saturated heterocycles. The predicted molar refractivity (Wildman–Crippen MR) is 64.3 cm³/mol. The third-order valence-electron chi connectivity index (χ3n) is 4.44. The molecular weight excluding hydrogens is 202 g/mol. The molecule has 0 aromatic rings. The fraction of sp³-hybridized carbons (Fsp3) is 1.00. The van der Waals surface area contributed by atoms with Crippen molar-refractivity contribution in [3.63, 3.8) is 0 Å². The Balaban J connectivity index is 1.86. The van der Waals surface area contributed by atoms with Gasteiger partial charge in [0.1, 0.15) is 0 Å². The molecule has 2 fully saturated rings. The van der Waals surface area contributed by atoms with E-state index in [4.69, 9.17) is 0 Å². The third kappa shape index (κ3) is 2.76. The number of aliphatic hydroxyl groups is 2. The van der Waals surface area contributed by atoms with Crippen LogP contribution in [0.2, 0.25) is 0 Å². The van der Waals surface area contributed by atoms with E-state index >= 15 is 0 Å². The van der Waals surface area contributed by atoms with E-state index < -0.39 is 5.60 Å². The van der Waals surface area contributed by atoms with Gasteiger partial charge in [-0.3, -0.25) is 0 Å². The Labute approximate surface area is 98.2 Å². The summed E-state index contributed by atoms with van der Waals surface area (Å²) in [7, 11) is 0. The second kappa shape index (κ2) is 5.03. The monoisotopic (exact) mass is 227 g/mol. The van der Waals surface area contributed by atoms with Crippen LogP contribution in [0.15, 0.2) is 0 Å². The van der Waals surface area contributed by atoms with Gasteiger partial charge in [0.15, 0.2) is 0 Å². The van der Waals surface area contributed by atoms with Crippen LogP contribution in [0.1, 0.15) is 57.8 Å². The maximum atomic E-state index is 10.3. The summed E-state index contributed by atoms with van der Waals surface area (Å²) in [6.07, 6.45) is 9.92. The summed E-state index contributed by atoms with van der Waals surface area (Å²) >= 11 is 0. The van der Waals surface area contributed by atoms with Crippen LogP contribution in [0.3, 0.4) is 0 Å². The van der Waals surface area contributed by atoms with Gasteiger partial charge in [0.05, 0.1) is 12.2 Å². The first-order valence-corrected chi connectivity index (χ1v) is 6.76. The van der Waals surface area contributed by atoms with Gasteiger partial charge in [-0.05, 0) is 25.7 Å². The zero-order chi connectivity index (χ0) is 11.5. The van der Waals surface area contributed by atoms with Crippen LogP contribution >= 0.6 is 0 Å². The van der Waals surface area contributed by atoms with Gasteiger partial charge in [-0.2, -0.15) is 0 Å². The van der Waals surface area contributed by atoms with Crippen molar-refractivity contribution in [3.8, 4) is 0 Å². The number of β-amino-alcohol motifs (C(OH)–C–C–N with tert-alkyl or cyclic N) is 1. The number of rotatable bonds is 4. The van der Waals surface area contributed by atoms with E-state index in [2.05, 4.69) is 5.32 Å². The van der Waals surface area contributed by atoms with Crippen molar-refractivity contribution in [3.05, 3.63) is 0 Å². The second-order valence-corrected chi connectivity index (χ2v) is 5.78. The van der Waals surface area contributed by atoms with Crippen molar-refractivity contribution in [1.29, 1.82) is 0 Å². The molecule has 0 unspecified atom stereocenters. The molecule has 0 aromatic heterocycles. The maximum Gasteiger partial charge on any atom is 0.0771 e. The fourth-order valence-electron chi connectivity index (χ4n) is 3.18. The van der Waals surface area contributed by atoms with Crippen molar-refractivity contribution in [2.75, 3.05) is 13.2 Å². The summed E-state index contributed by atoms with van der Waals surface area (Å²) in [6, 6.07) is 0. The summed E-state index contributed by atoms with van der Waals surface area (Å²) in [5.41, 5.74) is -0.601. The van der Waals surface area contributed by atoms with Gasteiger partial charge in [-0.15, -0.1) is 0 Å². The maximum absolute atomic E-state index is 10.3. The first kappa shape index (κ1) is 12.3. The number of nitrogens with one attached hydrogen (secondary N) is 1. The number of aliphatic hydroxyl groups excluding tert-OH is 1. The lowest BCUT2D eigenvalue weighted by Gasteiger charge is -2.39.